The zero-order valence-electron chi connectivity index (χ0n) is 10.2. The molecule has 0 atom stereocenters. The maximum absolute atomic E-state index is 12.0. The van der Waals surface area contributed by atoms with Crippen LogP contribution in [0, 0.1) is 0 Å². The molecule has 0 fully saturated rings. The molecule has 0 aliphatic rings. The molecule has 0 aliphatic carbocycles. The molecule has 3 N–H and O–H groups in total. The summed E-state index contributed by atoms with van der Waals surface area (Å²) in [5, 5.41) is 12.6. The van der Waals surface area contributed by atoms with E-state index in [1.807, 2.05) is 0 Å². The second kappa shape index (κ2) is 5.95. The van der Waals surface area contributed by atoms with Crippen molar-refractivity contribution in [2.45, 2.75) is 24.4 Å². The highest BCUT2D eigenvalue weighted by molar-refractivity contribution is 7.89. The molecule has 0 radical (unpaired) electrons. The second-order valence-electron chi connectivity index (χ2n) is 3.92. The van der Waals surface area contributed by atoms with Crippen LogP contribution in [0.1, 0.15) is 12.1 Å². The predicted molar refractivity (Wildman–Crippen MR) is 66.5 cm³/mol. The smallest absolute Gasteiger partial charge is 0.244 e. The molecule has 0 aliphatic heterocycles. The molecule has 8 nitrogen and oxygen atoms in total. The van der Waals surface area contributed by atoms with Crippen LogP contribution in [0.2, 0.25) is 0 Å². The van der Waals surface area contributed by atoms with Gasteiger partial charge in [-0.1, -0.05) is 0 Å². The lowest BCUT2D eigenvalue weighted by atomic mass is 10.5. The summed E-state index contributed by atoms with van der Waals surface area (Å²) >= 11 is 0. The van der Waals surface area contributed by atoms with E-state index in [2.05, 4.69) is 19.8 Å². The summed E-state index contributed by atoms with van der Waals surface area (Å²) in [6, 6.07) is 0. The fraction of sp³-hybridized carbons (Fsp3) is 0.400. The van der Waals surface area contributed by atoms with Gasteiger partial charge in [-0.05, 0) is 6.42 Å². The molecule has 0 amide bonds. The van der Waals surface area contributed by atoms with Gasteiger partial charge in [0.2, 0.25) is 10.0 Å². The van der Waals surface area contributed by atoms with Gasteiger partial charge in [0, 0.05) is 31.2 Å². The zero-order valence-corrected chi connectivity index (χ0v) is 11.0. The van der Waals surface area contributed by atoms with Crippen LogP contribution in [0.3, 0.4) is 0 Å². The van der Waals surface area contributed by atoms with E-state index >= 15 is 0 Å². The fourth-order valence-corrected chi connectivity index (χ4v) is 2.43. The molecule has 0 saturated carbocycles. The Morgan fingerprint density at radius 1 is 1.42 bits per heavy atom. The van der Waals surface area contributed by atoms with Crippen molar-refractivity contribution in [3.8, 4) is 0 Å². The summed E-state index contributed by atoms with van der Waals surface area (Å²) < 4.78 is 27.9. The van der Waals surface area contributed by atoms with Crippen molar-refractivity contribution >= 4 is 10.0 Å². The zero-order chi connectivity index (χ0) is 13.7. The highest BCUT2D eigenvalue weighted by Gasteiger charge is 2.16. The third kappa shape index (κ3) is 3.63. The Morgan fingerprint density at radius 2 is 2.26 bits per heavy atom. The number of aliphatic hydroxyl groups is 1. The quantitative estimate of drug-likeness (QED) is 0.633. The number of aliphatic hydroxyl groups excluding tert-OH is 1. The van der Waals surface area contributed by atoms with Crippen molar-refractivity contribution in [1.29, 1.82) is 0 Å². The Hall–Kier alpha value is -1.71. The second-order valence-corrected chi connectivity index (χ2v) is 5.68. The van der Waals surface area contributed by atoms with E-state index < -0.39 is 10.0 Å². The topological polar surface area (TPSA) is 113 Å². The molecular weight excluding hydrogens is 270 g/mol. The number of aromatic amines is 1. The first-order valence-electron chi connectivity index (χ1n) is 5.72. The van der Waals surface area contributed by atoms with E-state index in [9.17, 15) is 8.42 Å². The standard InChI is InChI=1S/C10H15N5O3S/c16-3-1-2-15-7-10(6-13-15)19(17,18)14-5-9-4-11-8-12-9/h4,6-8,14,16H,1-3,5H2,(H,11,12). The van der Waals surface area contributed by atoms with Gasteiger partial charge in [-0.25, -0.2) is 18.1 Å². The van der Waals surface area contributed by atoms with Crippen LogP contribution in [0.15, 0.2) is 29.8 Å². The third-order valence-corrected chi connectivity index (χ3v) is 3.83. The van der Waals surface area contributed by atoms with Gasteiger partial charge in [0.1, 0.15) is 4.90 Å². The molecule has 104 valence electrons. The predicted octanol–water partition coefficient (Wildman–Crippen LogP) is -0.533. The third-order valence-electron chi connectivity index (χ3n) is 2.47. The van der Waals surface area contributed by atoms with Crippen LogP contribution in [0.5, 0.6) is 0 Å². The summed E-state index contributed by atoms with van der Waals surface area (Å²) in [5.41, 5.74) is 0.677. The Morgan fingerprint density at radius 3 is 2.95 bits per heavy atom. The minimum atomic E-state index is -3.58. The molecule has 2 heterocycles. The summed E-state index contributed by atoms with van der Waals surface area (Å²) in [6.07, 6.45) is 6.28. The molecule has 2 aromatic heterocycles. The van der Waals surface area contributed by atoms with Gasteiger partial charge >= 0.3 is 0 Å². The van der Waals surface area contributed by atoms with E-state index in [0.717, 1.165) is 0 Å². The van der Waals surface area contributed by atoms with Gasteiger partial charge in [-0.2, -0.15) is 5.10 Å². The van der Waals surface area contributed by atoms with Gasteiger partial charge in [0.15, 0.2) is 0 Å². The Labute approximate surface area is 110 Å². The highest BCUT2D eigenvalue weighted by Crippen LogP contribution is 2.08. The van der Waals surface area contributed by atoms with Crippen LogP contribution in [-0.2, 0) is 23.1 Å². The highest BCUT2D eigenvalue weighted by atomic mass is 32.2. The molecule has 19 heavy (non-hydrogen) atoms. The lowest BCUT2D eigenvalue weighted by molar-refractivity contribution is 0.277. The molecule has 0 spiro atoms. The van der Waals surface area contributed by atoms with Crippen molar-refractivity contribution in [1.82, 2.24) is 24.5 Å². The fourth-order valence-electron chi connectivity index (χ4n) is 1.48. The maximum atomic E-state index is 12.0. The van der Waals surface area contributed by atoms with Crippen molar-refractivity contribution in [2.75, 3.05) is 6.61 Å². The van der Waals surface area contributed by atoms with Crippen molar-refractivity contribution in [2.24, 2.45) is 0 Å². The molecular formula is C10H15N5O3S. The van der Waals surface area contributed by atoms with Crippen molar-refractivity contribution in [3.63, 3.8) is 0 Å². The van der Waals surface area contributed by atoms with Crippen LogP contribution in [0.25, 0.3) is 0 Å². The van der Waals surface area contributed by atoms with Crippen LogP contribution in [0.4, 0.5) is 0 Å². The van der Waals surface area contributed by atoms with Gasteiger partial charge in [0.05, 0.1) is 19.1 Å². The van der Waals surface area contributed by atoms with E-state index in [0.29, 0.717) is 18.7 Å². The molecule has 0 bridgehead atoms. The Bertz CT molecular complexity index is 605. The minimum Gasteiger partial charge on any atom is -0.396 e. The summed E-state index contributed by atoms with van der Waals surface area (Å²) in [4.78, 5) is 6.71. The Balaban J connectivity index is 2.00. The van der Waals surface area contributed by atoms with E-state index in [-0.39, 0.29) is 18.0 Å². The average molecular weight is 285 g/mol. The lowest BCUT2D eigenvalue weighted by Gasteiger charge is -2.02. The normalized spacial score (nSPS) is 11.8. The van der Waals surface area contributed by atoms with E-state index in [1.165, 1.54) is 23.4 Å². The van der Waals surface area contributed by atoms with Crippen molar-refractivity contribution < 1.29 is 13.5 Å². The van der Waals surface area contributed by atoms with Crippen LogP contribution in [-0.4, -0.2) is 39.9 Å². The number of nitrogens with one attached hydrogen (secondary N) is 2. The molecule has 2 aromatic rings. The molecule has 9 heteroatoms. The number of H-pyrrole nitrogens is 1. The summed E-state index contributed by atoms with van der Waals surface area (Å²) in [6.45, 7) is 0.663. The van der Waals surface area contributed by atoms with Gasteiger partial charge < -0.3 is 10.1 Å². The van der Waals surface area contributed by atoms with E-state index in [1.54, 1.807) is 6.20 Å². The van der Waals surface area contributed by atoms with Gasteiger partial charge in [-0.3, -0.25) is 4.68 Å². The number of hydrogen-bond donors (Lipinski definition) is 3. The summed E-state index contributed by atoms with van der Waals surface area (Å²) in [7, 11) is -3.58. The lowest BCUT2D eigenvalue weighted by Crippen LogP contribution is -2.23. The first-order valence-corrected chi connectivity index (χ1v) is 7.20. The van der Waals surface area contributed by atoms with Crippen molar-refractivity contribution in [3.05, 3.63) is 30.6 Å². The minimum absolute atomic E-state index is 0.0417. The summed E-state index contributed by atoms with van der Waals surface area (Å²) in [5.74, 6) is 0. The van der Waals surface area contributed by atoms with Crippen LogP contribution >= 0.6 is 0 Å². The number of aromatic nitrogens is 4. The molecule has 0 unspecified atom stereocenters. The number of hydrogen-bond acceptors (Lipinski definition) is 5. The first kappa shape index (κ1) is 13.7. The number of rotatable bonds is 7. The monoisotopic (exact) mass is 285 g/mol. The average Bonchev–Trinajstić information content (AvgIpc) is 3.05. The number of nitrogens with zero attached hydrogens (tertiary/aromatic N) is 3. The molecule has 0 aromatic carbocycles. The Kier molecular flexibility index (Phi) is 4.30. The van der Waals surface area contributed by atoms with Crippen LogP contribution < -0.4 is 4.72 Å². The van der Waals surface area contributed by atoms with Gasteiger partial charge in [-0.15, -0.1) is 0 Å². The van der Waals surface area contributed by atoms with Gasteiger partial charge in [0.25, 0.3) is 0 Å². The SMILES string of the molecule is O=S(=O)(NCc1cnc[nH]1)c1cnn(CCCO)c1. The molecule has 0 saturated heterocycles. The molecule has 2 rings (SSSR count). The first-order chi connectivity index (χ1) is 9.12. The maximum Gasteiger partial charge on any atom is 0.244 e. The number of sulfonamides is 1. The number of imidazole rings is 1. The van der Waals surface area contributed by atoms with E-state index in [4.69, 9.17) is 5.11 Å². The number of aryl methyl sites for hydroxylation is 1. The largest absolute Gasteiger partial charge is 0.396 e.